The number of esters is 1. The molecule has 1 saturated carbocycles. The van der Waals surface area contributed by atoms with E-state index in [4.69, 9.17) is 21.6 Å². The molecule has 1 heterocycles. The Morgan fingerprint density at radius 2 is 2.14 bits per heavy atom. The van der Waals surface area contributed by atoms with Crippen LogP contribution in [0.5, 0.6) is 0 Å². The van der Waals surface area contributed by atoms with E-state index in [0.717, 1.165) is 17.7 Å². The fourth-order valence-electron chi connectivity index (χ4n) is 3.02. The van der Waals surface area contributed by atoms with Crippen LogP contribution in [0.3, 0.4) is 0 Å². The summed E-state index contributed by atoms with van der Waals surface area (Å²) in [5.41, 5.74) is -0.609. The van der Waals surface area contributed by atoms with Gasteiger partial charge in [0.15, 0.2) is 6.61 Å². The monoisotopic (exact) mass is 404 g/mol. The van der Waals surface area contributed by atoms with Gasteiger partial charge in [-0.3, -0.25) is 19.3 Å². The first-order chi connectivity index (χ1) is 13.2. The molecule has 28 heavy (non-hydrogen) atoms. The first-order valence-electron chi connectivity index (χ1n) is 8.54. The number of carbonyl (C=O) groups excluding carboxylic acids is 4. The molecule has 0 bridgehead atoms. The molecular weight excluding hydrogens is 388 g/mol. The van der Waals surface area contributed by atoms with Gasteiger partial charge < -0.3 is 15.4 Å². The molecular formula is C18H17ClN4O5. The van der Waals surface area contributed by atoms with Gasteiger partial charge in [0.25, 0.3) is 11.8 Å². The number of nitrogens with one attached hydrogen (secondary N) is 2. The van der Waals surface area contributed by atoms with E-state index >= 15 is 0 Å². The van der Waals surface area contributed by atoms with Crippen LogP contribution >= 0.6 is 11.6 Å². The number of carbonyl (C=O) groups is 4. The van der Waals surface area contributed by atoms with Crippen molar-refractivity contribution in [2.75, 3.05) is 18.5 Å². The third kappa shape index (κ3) is 3.92. The fraction of sp³-hybridized carbons (Fsp3) is 0.389. The van der Waals surface area contributed by atoms with Crippen LogP contribution in [-0.4, -0.2) is 47.4 Å². The van der Waals surface area contributed by atoms with Gasteiger partial charge in [-0.1, -0.05) is 11.6 Å². The average Bonchev–Trinajstić information content (AvgIpc) is 3.46. The molecule has 1 atom stereocenters. The highest BCUT2D eigenvalue weighted by Crippen LogP contribution is 2.42. The molecule has 0 radical (unpaired) electrons. The van der Waals surface area contributed by atoms with E-state index in [1.165, 1.54) is 18.2 Å². The van der Waals surface area contributed by atoms with E-state index in [1.807, 2.05) is 6.07 Å². The summed E-state index contributed by atoms with van der Waals surface area (Å²) in [4.78, 5) is 49.2. The summed E-state index contributed by atoms with van der Waals surface area (Å²) < 4.78 is 4.84. The molecule has 0 spiro atoms. The molecule has 0 aromatic heterocycles. The highest BCUT2D eigenvalue weighted by Gasteiger charge is 2.56. The van der Waals surface area contributed by atoms with Crippen molar-refractivity contribution < 1.29 is 23.9 Å². The Balaban J connectivity index is 1.53. The summed E-state index contributed by atoms with van der Waals surface area (Å²) in [5.74, 6) is -1.99. The number of ether oxygens (including phenoxy) is 1. The number of halogens is 1. The van der Waals surface area contributed by atoms with Gasteiger partial charge in [-0.2, -0.15) is 5.26 Å². The number of benzene rings is 1. The Morgan fingerprint density at radius 1 is 1.43 bits per heavy atom. The zero-order chi connectivity index (χ0) is 20.5. The standard InChI is InChI=1S/C18H17ClN4O5/c1-18(11-3-4-11)16(26)23(17(27)22-18)8-15(25)28-9-14(24)21-13-6-12(19)5-2-10(13)7-20/h2,5-6,11H,3-4,8-9H2,1H3,(H,21,24)(H,22,27)/t18-/m1/s1. The lowest BCUT2D eigenvalue weighted by atomic mass is 9.96. The molecule has 0 unspecified atom stereocenters. The number of nitriles is 1. The van der Waals surface area contributed by atoms with Gasteiger partial charge in [0.2, 0.25) is 0 Å². The van der Waals surface area contributed by atoms with Crippen molar-refractivity contribution in [2.45, 2.75) is 25.3 Å². The molecule has 146 valence electrons. The largest absolute Gasteiger partial charge is 0.454 e. The Labute approximate surface area is 165 Å². The van der Waals surface area contributed by atoms with Crippen molar-refractivity contribution in [1.29, 1.82) is 5.26 Å². The van der Waals surface area contributed by atoms with Crippen LogP contribution in [0.15, 0.2) is 18.2 Å². The van der Waals surface area contributed by atoms with Gasteiger partial charge in [-0.15, -0.1) is 0 Å². The van der Waals surface area contributed by atoms with E-state index < -0.39 is 42.5 Å². The molecule has 1 aromatic carbocycles. The van der Waals surface area contributed by atoms with Gasteiger partial charge in [0.1, 0.15) is 18.2 Å². The van der Waals surface area contributed by atoms with Gasteiger partial charge >= 0.3 is 12.0 Å². The smallest absolute Gasteiger partial charge is 0.326 e. The van der Waals surface area contributed by atoms with Crippen LogP contribution in [0.25, 0.3) is 0 Å². The van der Waals surface area contributed by atoms with Gasteiger partial charge in [-0.05, 0) is 43.9 Å². The van der Waals surface area contributed by atoms with Crippen LogP contribution in [0.2, 0.25) is 5.02 Å². The van der Waals surface area contributed by atoms with Crippen LogP contribution in [-0.2, 0) is 19.1 Å². The van der Waals surface area contributed by atoms with E-state index in [-0.39, 0.29) is 17.2 Å². The molecule has 2 fully saturated rings. The SMILES string of the molecule is C[C@]1(C2CC2)NC(=O)N(CC(=O)OCC(=O)Nc2cc(Cl)ccc2C#N)C1=O. The number of amides is 4. The minimum Gasteiger partial charge on any atom is -0.454 e. The highest BCUT2D eigenvalue weighted by molar-refractivity contribution is 6.31. The zero-order valence-corrected chi connectivity index (χ0v) is 15.7. The summed E-state index contributed by atoms with van der Waals surface area (Å²) in [6, 6.07) is 5.59. The summed E-state index contributed by atoms with van der Waals surface area (Å²) >= 11 is 5.84. The van der Waals surface area contributed by atoms with Crippen molar-refractivity contribution in [2.24, 2.45) is 5.92 Å². The van der Waals surface area contributed by atoms with Crippen molar-refractivity contribution in [3.63, 3.8) is 0 Å². The quantitative estimate of drug-likeness (QED) is 0.545. The molecule has 1 aliphatic carbocycles. The minimum atomic E-state index is -0.991. The van der Waals surface area contributed by atoms with Gasteiger partial charge in [0, 0.05) is 5.02 Å². The molecule has 1 aromatic rings. The number of anilines is 1. The van der Waals surface area contributed by atoms with Crippen molar-refractivity contribution in [3.8, 4) is 6.07 Å². The molecule has 2 aliphatic rings. The Bertz CT molecular complexity index is 908. The van der Waals surface area contributed by atoms with Gasteiger partial charge in [0.05, 0.1) is 11.3 Å². The lowest BCUT2D eigenvalue weighted by molar-refractivity contribution is -0.150. The molecule has 9 nitrogen and oxygen atoms in total. The second-order valence-electron chi connectivity index (χ2n) is 6.81. The number of hydrogen-bond donors (Lipinski definition) is 2. The van der Waals surface area contributed by atoms with Crippen molar-refractivity contribution in [1.82, 2.24) is 10.2 Å². The number of rotatable bonds is 6. The van der Waals surface area contributed by atoms with Crippen LogP contribution < -0.4 is 10.6 Å². The third-order valence-corrected chi connectivity index (χ3v) is 4.96. The van der Waals surface area contributed by atoms with E-state index in [0.29, 0.717) is 5.02 Å². The Hall–Kier alpha value is -3.12. The van der Waals surface area contributed by atoms with Gasteiger partial charge in [-0.25, -0.2) is 4.79 Å². The first kappa shape index (κ1) is 19.6. The summed E-state index contributed by atoms with van der Waals surface area (Å²) in [6.45, 7) is 0.419. The second kappa shape index (κ2) is 7.48. The molecule has 10 heteroatoms. The highest BCUT2D eigenvalue weighted by atomic mass is 35.5. The minimum absolute atomic E-state index is 0.0720. The zero-order valence-electron chi connectivity index (χ0n) is 15.0. The summed E-state index contributed by atoms with van der Waals surface area (Å²) in [6.07, 6.45) is 1.68. The van der Waals surface area contributed by atoms with Crippen molar-refractivity contribution in [3.05, 3.63) is 28.8 Å². The predicted octanol–water partition coefficient (Wildman–Crippen LogP) is 1.41. The maximum Gasteiger partial charge on any atom is 0.326 e. The second-order valence-corrected chi connectivity index (χ2v) is 7.25. The van der Waals surface area contributed by atoms with Crippen molar-refractivity contribution >= 4 is 41.1 Å². The summed E-state index contributed by atoms with van der Waals surface area (Å²) in [7, 11) is 0. The van der Waals surface area contributed by atoms with Crippen LogP contribution in [0.4, 0.5) is 10.5 Å². The maximum absolute atomic E-state index is 12.4. The lowest BCUT2D eigenvalue weighted by Crippen LogP contribution is -2.46. The average molecular weight is 405 g/mol. The normalized spacial score (nSPS) is 21.1. The number of nitrogens with zero attached hydrogens (tertiary/aromatic N) is 2. The summed E-state index contributed by atoms with van der Waals surface area (Å²) in [5, 5.41) is 14.4. The predicted molar refractivity (Wildman–Crippen MR) is 97.1 cm³/mol. The fourth-order valence-corrected chi connectivity index (χ4v) is 3.19. The number of imide groups is 1. The van der Waals surface area contributed by atoms with Crippen LogP contribution in [0.1, 0.15) is 25.3 Å². The molecule has 1 saturated heterocycles. The van der Waals surface area contributed by atoms with Crippen LogP contribution in [0, 0.1) is 17.2 Å². The van der Waals surface area contributed by atoms with E-state index in [2.05, 4.69) is 10.6 Å². The number of hydrogen-bond acceptors (Lipinski definition) is 6. The van der Waals surface area contributed by atoms with E-state index in [1.54, 1.807) is 6.92 Å². The molecule has 3 rings (SSSR count). The Kier molecular flexibility index (Phi) is 5.25. The topological polar surface area (TPSA) is 129 Å². The molecule has 2 N–H and O–H groups in total. The Morgan fingerprint density at radius 3 is 2.79 bits per heavy atom. The maximum atomic E-state index is 12.4. The molecule has 4 amide bonds. The third-order valence-electron chi connectivity index (χ3n) is 4.72. The lowest BCUT2D eigenvalue weighted by Gasteiger charge is -2.20. The number of urea groups is 1. The molecule has 1 aliphatic heterocycles. The first-order valence-corrected chi connectivity index (χ1v) is 8.91. The van der Waals surface area contributed by atoms with E-state index in [9.17, 15) is 19.2 Å².